The van der Waals surface area contributed by atoms with E-state index in [9.17, 15) is 4.79 Å². The van der Waals surface area contributed by atoms with Crippen LogP contribution in [0.1, 0.15) is 11.1 Å². The zero-order valence-electron chi connectivity index (χ0n) is 16.1. The smallest absolute Gasteiger partial charge is 0.363 e. The molecule has 0 N–H and O–H groups in total. The van der Waals surface area contributed by atoms with E-state index in [4.69, 9.17) is 4.74 Å². The van der Waals surface area contributed by atoms with Gasteiger partial charge in [0.25, 0.3) is 0 Å². The lowest BCUT2D eigenvalue weighted by Gasteiger charge is -2.11. The number of ether oxygens (including phenoxy) is 1. The summed E-state index contributed by atoms with van der Waals surface area (Å²) >= 11 is 3.64. The molecule has 0 unspecified atom stereocenters. The number of fused-ring (bicyclic) bond motifs is 1. The van der Waals surface area contributed by atoms with Gasteiger partial charge in [-0.3, -0.25) is 0 Å². The Morgan fingerprint density at radius 1 is 0.966 bits per heavy atom. The average Bonchev–Trinajstić information content (AvgIpc) is 3.08. The number of rotatable bonds is 4. The fourth-order valence-corrected chi connectivity index (χ4v) is 3.66. The molecular formula is C24H19BrN2O2. The summed E-state index contributed by atoms with van der Waals surface area (Å²) in [5.41, 5.74) is 3.29. The first kappa shape index (κ1) is 19.2. The highest BCUT2D eigenvalue weighted by atomic mass is 79.9. The van der Waals surface area contributed by atoms with E-state index in [0.29, 0.717) is 0 Å². The Morgan fingerprint density at radius 2 is 1.72 bits per heavy atom. The molecule has 29 heavy (non-hydrogen) atoms. The lowest BCUT2D eigenvalue weighted by atomic mass is 10.1. The van der Waals surface area contributed by atoms with Crippen molar-refractivity contribution in [1.82, 2.24) is 0 Å². The van der Waals surface area contributed by atoms with Gasteiger partial charge in [0.15, 0.2) is 5.70 Å². The lowest BCUT2D eigenvalue weighted by Crippen LogP contribution is -2.07. The maximum atomic E-state index is 12.2. The average molecular weight is 447 g/mol. The molecule has 0 atom stereocenters. The Hall–Kier alpha value is -3.18. The molecule has 144 valence electrons. The number of cyclic esters (lactones) is 1. The maximum absolute atomic E-state index is 12.2. The minimum absolute atomic E-state index is 0.281. The fourth-order valence-electron chi connectivity index (χ4n) is 3.06. The van der Waals surface area contributed by atoms with Crippen LogP contribution in [0.3, 0.4) is 0 Å². The second kappa shape index (κ2) is 8.05. The third-order valence-electron chi connectivity index (χ3n) is 4.65. The van der Waals surface area contributed by atoms with Gasteiger partial charge in [-0.1, -0.05) is 48.5 Å². The maximum Gasteiger partial charge on any atom is 0.363 e. The summed E-state index contributed by atoms with van der Waals surface area (Å²) in [4.78, 5) is 18.6. The number of carbonyl (C=O) groups is 1. The van der Waals surface area contributed by atoms with Gasteiger partial charge >= 0.3 is 5.97 Å². The molecule has 0 aliphatic carbocycles. The molecule has 3 aromatic rings. The standard InChI is InChI=1S/C24H19BrN2O2/c1-27(2)19-12-7-16(8-13-19)9-14-22-26-21(24(28)29-22)15-18-11-10-17-5-3-4-6-20(17)23(18)25/h3-15H,1-2H3/b14-9+,21-15-. The van der Waals surface area contributed by atoms with Crippen molar-refractivity contribution in [1.29, 1.82) is 0 Å². The number of anilines is 1. The third-order valence-corrected chi connectivity index (χ3v) is 5.54. The first-order chi connectivity index (χ1) is 14.0. The number of nitrogens with zero attached hydrogens (tertiary/aromatic N) is 2. The molecule has 0 amide bonds. The van der Waals surface area contributed by atoms with E-state index in [1.54, 1.807) is 12.2 Å². The number of esters is 1. The van der Waals surface area contributed by atoms with Crippen molar-refractivity contribution >= 4 is 56.4 Å². The first-order valence-electron chi connectivity index (χ1n) is 9.16. The Balaban J connectivity index is 1.58. The van der Waals surface area contributed by atoms with Gasteiger partial charge in [-0.15, -0.1) is 0 Å². The van der Waals surface area contributed by atoms with Gasteiger partial charge in [-0.25, -0.2) is 9.79 Å². The van der Waals surface area contributed by atoms with E-state index in [0.717, 1.165) is 32.1 Å². The number of hydrogen-bond acceptors (Lipinski definition) is 4. The highest BCUT2D eigenvalue weighted by molar-refractivity contribution is 9.10. The highest BCUT2D eigenvalue weighted by Gasteiger charge is 2.21. The molecule has 1 aliphatic heterocycles. The zero-order chi connectivity index (χ0) is 20.4. The van der Waals surface area contributed by atoms with Crippen LogP contribution < -0.4 is 4.90 Å². The molecule has 0 saturated carbocycles. The lowest BCUT2D eigenvalue weighted by molar-refractivity contribution is -0.129. The minimum atomic E-state index is -0.451. The predicted molar refractivity (Wildman–Crippen MR) is 123 cm³/mol. The van der Waals surface area contributed by atoms with E-state index in [1.165, 1.54) is 0 Å². The van der Waals surface area contributed by atoms with Crippen molar-refractivity contribution in [3.05, 3.63) is 88.0 Å². The van der Waals surface area contributed by atoms with Gasteiger partial charge in [0, 0.05) is 30.3 Å². The SMILES string of the molecule is CN(C)c1ccc(/C=C/C2=NC(=C\c3ccc4ccccc4c3Br)/C(=O)O2)cc1. The van der Waals surface area contributed by atoms with Crippen LogP contribution in [0.2, 0.25) is 0 Å². The fraction of sp³-hybridized carbons (Fsp3) is 0.0833. The van der Waals surface area contributed by atoms with Gasteiger partial charge < -0.3 is 9.64 Å². The molecule has 0 spiro atoms. The molecule has 0 radical (unpaired) electrons. The summed E-state index contributed by atoms with van der Waals surface area (Å²) < 4.78 is 6.22. The van der Waals surface area contributed by atoms with E-state index in [-0.39, 0.29) is 11.6 Å². The minimum Gasteiger partial charge on any atom is -0.403 e. The van der Waals surface area contributed by atoms with Crippen molar-refractivity contribution in [3.63, 3.8) is 0 Å². The summed E-state index contributed by atoms with van der Waals surface area (Å²) in [6, 6.07) is 20.1. The second-order valence-corrected chi connectivity index (χ2v) is 7.67. The third kappa shape index (κ3) is 4.15. The summed E-state index contributed by atoms with van der Waals surface area (Å²) in [6.45, 7) is 0. The predicted octanol–water partition coefficient (Wildman–Crippen LogP) is 5.68. The van der Waals surface area contributed by atoms with Crippen LogP contribution in [0.4, 0.5) is 5.69 Å². The molecule has 0 fully saturated rings. The first-order valence-corrected chi connectivity index (χ1v) is 9.96. The number of carbonyl (C=O) groups excluding carboxylic acids is 1. The van der Waals surface area contributed by atoms with E-state index in [2.05, 4.69) is 20.9 Å². The van der Waals surface area contributed by atoms with Crippen LogP contribution in [0.5, 0.6) is 0 Å². The molecule has 4 nitrogen and oxygen atoms in total. The molecule has 3 aromatic carbocycles. The molecular weight excluding hydrogens is 428 g/mol. The topological polar surface area (TPSA) is 41.9 Å². The molecule has 4 rings (SSSR count). The quantitative estimate of drug-likeness (QED) is 0.382. The normalized spacial score (nSPS) is 15.2. The van der Waals surface area contributed by atoms with Crippen LogP contribution in [0, 0.1) is 0 Å². The van der Waals surface area contributed by atoms with Gasteiger partial charge in [-0.2, -0.15) is 0 Å². The Labute approximate surface area is 178 Å². The highest BCUT2D eigenvalue weighted by Crippen LogP contribution is 2.30. The monoisotopic (exact) mass is 446 g/mol. The van der Waals surface area contributed by atoms with Crippen molar-refractivity contribution in [2.45, 2.75) is 0 Å². The molecule has 1 aliphatic rings. The number of aliphatic imine (C=N–C) groups is 1. The second-order valence-electron chi connectivity index (χ2n) is 6.88. The zero-order valence-corrected chi connectivity index (χ0v) is 17.7. The van der Waals surface area contributed by atoms with E-state index in [1.807, 2.05) is 85.7 Å². The summed E-state index contributed by atoms with van der Waals surface area (Å²) in [5.74, 6) is -0.164. The Bertz CT molecular complexity index is 1180. The molecule has 5 heteroatoms. The van der Waals surface area contributed by atoms with Gasteiger partial charge in [0.2, 0.25) is 5.90 Å². The van der Waals surface area contributed by atoms with Crippen LogP contribution in [0.25, 0.3) is 22.9 Å². The number of benzene rings is 3. The number of halogens is 1. The van der Waals surface area contributed by atoms with Gasteiger partial charge in [-0.05, 0) is 62.1 Å². The van der Waals surface area contributed by atoms with E-state index < -0.39 is 5.97 Å². The van der Waals surface area contributed by atoms with Crippen LogP contribution in [0.15, 0.2) is 81.9 Å². The summed E-state index contributed by atoms with van der Waals surface area (Å²) in [5, 5.41) is 2.21. The van der Waals surface area contributed by atoms with Crippen LogP contribution >= 0.6 is 15.9 Å². The van der Waals surface area contributed by atoms with Crippen molar-refractivity contribution < 1.29 is 9.53 Å². The van der Waals surface area contributed by atoms with Crippen molar-refractivity contribution in [2.75, 3.05) is 19.0 Å². The Kier molecular flexibility index (Phi) is 5.32. The summed E-state index contributed by atoms with van der Waals surface area (Å²) in [7, 11) is 4.00. The molecule has 0 saturated heterocycles. The molecule has 0 aromatic heterocycles. The summed E-state index contributed by atoms with van der Waals surface area (Å²) in [6.07, 6.45) is 5.32. The van der Waals surface area contributed by atoms with Gasteiger partial charge in [0.05, 0.1) is 0 Å². The largest absolute Gasteiger partial charge is 0.403 e. The van der Waals surface area contributed by atoms with Crippen LogP contribution in [-0.4, -0.2) is 26.0 Å². The van der Waals surface area contributed by atoms with E-state index >= 15 is 0 Å². The molecule has 0 bridgehead atoms. The Morgan fingerprint density at radius 3 is 2.48 bits per heavy atom. The van der Waals surface area contributed by atoms with Crippen LogP contribution in [-0.2, 0) is 9.53 Å². The molecule has 1 heterocycles. The van der Waals surface area contributed by atoms with Gasteiger partial charge in [0.1, 0.15) is 0 Å². The number of hydrogen-bond donors (Lipinski definition) is 0. The van der Waals surface area contributed by atoms with Crippen molar-refractivity contribution in [2.24, 2.45) is 4.99 Å². The van der Waals surface area contributed by atoms with Crippen molar-refractivity contribution in [3.8, 4) is 0 Å².